The maximum atomic E-state index is 12.7. The number of nitriles is 1. The third kappa shape index (κ3) is 3.12. The van der Waals surface area contributed by atoms with Crippen LogP contribution in [0.3, 0.4) is 0 Å². The number of aliphatic hydroxyl groups is 2. The van der Waals surface area contributed by atoms with Gasteiger partial charge in [-0.2, -0.15) is 18.4 Å². The lowest BCUT2D eigenvalue weighted by molar-refractivity contribution is -0.139. The quantitative estimate of drug-likeness (QED) is 0.720. The molecule has 1 aromatic rings. The van der Waals surface area contributed by atoms with Gasteiger partial charge in [-0.05, 0) is 17.7 Å². The van der Waals surface area contributed by atoms with Crippen LogP contribution < -0.4 is 5.73 Å². The van der Waals surface area contributed by atoms with E-state index >= 15 is 0 Å². The predicted octanol–water partition coefficient (Wildman–Crippen LogP) is 1.60. The summed E-state index contributed by atoms with van der Waals surface area (Å²) in [5, 5.41) is 27.3. The van der Waals surface area contributed by atoms with Crippen LogP contribution in [0.1, 0.15) is 23.7 Å². The van der Waals surface area contributed by atoms with Crippen LogP contribution in [0.25, 0.3) is 0 Å². The summed E-state index contributed by atoms with van der Waals surface area (Å²) < 4.78 is 38.2. The maximum absolute atomic E-state index is 12.7. The zero-order valence-electron chi connectivity index (χ0n) is 9.15. The molecule has 0 bridgehead atoms. The highest BCUT2D eigenvalue weighted by Crippen LogP contribution is 2.36. The highest BCUT2D eigenvalue weighted by atomic mass is 19.4. The van der Waals surface area contributed by atoms with Crippen molar-refractivity contribution in [2.75, 3.05) is 5.73 Å². The molecule has 0 amide bonds. The Balaban J connectivity index is 3.20. The Labute approximate surface area is 101 Å². The number of benzene rings is 1. The van der Waals surface area contributed by atoms with Gasteiger partial charge in [0, 0.05) is 5.69 Å². The zero-order chi connectivity index (χ0) is 13.9. The van der Waals surface area contributed by atoms with Crippen molar-refractivity contribution < 1.29 is 23.4 Å². The van der Waals surface area contributed by atoms with Gasteiger partial charge in [0.1, 0.15) is 6.10 Å². The maximum Gasteiger partial charge on any atom is 0.416 e. The first-order valence-corrected chi connectivity index (χ1v) is 4.97. The number of rotatable bonds is 3. The van der Waals surface area contributed by atoms with Crippen LogP contribution in [-0.4, -0.2) is 16.3 Å². The predicted molar refractivity (Wildman–Crippen MR) is 57.1 cm³/mol. The van der Waals surface area contributed by atoms with Crippen LogP contribution in [-0.2, 0) is 6.18 Å². The molecule has 0 aromatic heterocycles. The van der Waals surface area contributed by atoms with Gasteiger partial charge in [-0.3, -0.25) is 0 Å². The lowest BCUT2D eigenvalue weighted by Crippen LogP contribution is -2.21. The minimum absolute atomic E-state index is 0.104. The van der Waals surface area contributed by atoms with Gasteiger partial charge in [0.2, 0.25) is 0 Å². The van der Waals surface area contributed by atoms with Crippen LogP contribution in [0.4, 0.5) is 18.9 Å². The average molecular weight is 260 g/mol. The first-order chi connectivity index (χ1) is 8.27. The van der Waals surface area contributed by atoms with Crippen molar-refractivity contribution in [3.8, 4) is 6.07 Å². The van der Waals surface area contributed by atoms with E-state index in [4.69, 9.17) is 11.0 Å². The molecule has 0 fully saturated rings. The van der Waals surface area contributed by atoms with E-state index in [9.17, 15) is 23.4 Å². The number of nitrogens with two attached hydrogens (primary N) is 1. The Morgan fingerprint density at radius 2 is 1.94 bits per heavy atom. The van der Waals surface area contributed by atoms with Crippen molar-refractivity contribution in [1.29, 1.82) is 5.26 Å². The largest absolute Gasteiger partial charge is 0.416 e. The van der Waals surface area contributed by atoms with Crippen molar-refractivity contribution in [3.05, 3.63) is 29.3 Å². The molecule has 4 N–H and O–H groups in total. The molecule has 0 saturated heterocycles. The molecule has 2 unspecified atom stereocenters. The molecule has 98 valence electrons. The molecule has 0 aliphatic rings. The number of anilines is 1. The van der Waals surface area contributed by atoms with Crippen LogP contribution >= 0.6 is 0 Å². The molecule has 0 heterocycles. The fourth-order valence-electron chi connectivity index (χ4n) is 1.49. The summed E-state index contributed by atoms with van der Waals surface area (Å²) >= 11 is 0. The summed E-state index contributed by atoms with van der Waals surface area (Å²) in [5.41, 5.74) is 3.54. The summed E-state index contributed by atoms with van der Waals surface area (Å²) in [5.74, 6) is 0. The van der Waals surface area contributed by atoms with E-state index in [0.717, 1.165) is 6.07 Å². The van der Waals surface area contributed by atoms with E-state index in [1.54, 1.807) is 6.07 Å². The van der Waals surface area contributed by atoms with Gasteiger partial charge in [0.15, 0.2) is 0 Å². The van der Waals surface area contributed by atoms with Crippen molar-refractivity contribution in [1.82, 2.24) is 0 Å². The Kier molecular flexibility index (Phi) is 4.16. The topological polar surface area (TPSA) is 90.3 Å². The number of aliphatic hydroxyl groups excluding tert-OH is 2. The van der Waals surface area contributed by atoms with Gasteiger partial charge in [-0.25, -0.2) is 0 Å². The lowest BCUT2D eigenvalue weighted by atomic mass is 9.96. The van der Waals surface area contributed by atoms with E-state index in [1.165, 1.54) is 6.07 Å². The Morgan fingerprint density at radius 3 is 2.44 bits per heavy atom. The number of alkyl halides is 3. The van der Waals surface area contributed by atoms with E-state index < -0.39 is 35.9 Å². The minimum atomic E-state index is -4.70. The van der Waals surface area contributed by atoms with Crippen molar-refractivity contribution in [3.63, 3.8) is 0 Å². The molecule has 0 saturated carbocycles. The SMILES string of the molecule is N#CCC(O)C(O)c1ccc(N)cc1C(F)(F)F. The molecule has 18 heavy (non-hydrogen) atoms. The monoisotopic (exact) mass is 260 g/mol. The third-order valence-electron chi connectivity index (χ3n) is 2.37. The van der Waals surface area contributed by atoms with Crippen LogP contribution in [0.15, 0.2) is 18.2 Å². The van der Waals surface area contributed by atoms with Gasteiger partial charge in [0.05, 0.1) is 24.2 Å². The zero-order valence-corrected chi connectivity index (χ0v) is 9.15. The Bertz CT molecular complexity index is 468. The smallest absolute Gasteiger partial charge is 0.399 e. The third-order valence-corrected chi connectivity index (χ3v) is 2.37. The molecule has 1 aromatic carbocycles. The number of nitrogens with zero attached hydrogens (tertiary/aromatic N) is 1. The van der Waals surface area contributed by atoms with Gasteiger partial charge in [-0.15, -0.1) is 0 Å². The molecular formula is C11H11F3N2O2. The summed E-state index contributed by atoms with van der Waals surface area (Å²) in [6.07, 6.45) is -8.54. The summed E-state index contributed by atoms with van der Waals surface area (Å²) in [4.78, 5) is 0. The number of halogens is 3. The van der Waals surface area contributed by atoms with Gasteiger partial charge in [0.25, 0.3) is 0 Å². The fraction of sp³-hybridized carbons (Fsp3) is 0.364. The Morgan fingerprint density at radius 1 is 1.33 bits per heavy atom. The van der Waals surface area contributed by atoms with Gasteiger partial charge < -0.3 is 15.9 Å². The summed E-state index contributed by atoms with van der Waals surface area (Å²) in [6, 6.07) is 4.43. The molecular weight excluding hydrogens is 249 g/mol. The second kappa shape index (κ2) is 5.25. The molecule has 7 heteroatoms. The fourth-order valence-corrected chi connectivity index (χ4v) is 1.49. The van der Waals surface area contributed by atoms with E-state index in [0.29, 0.717) is 6.07 Å². The molecule has 0 aliphatic carbocycles. The second-order valence-electron chi connectivity index (χ2n) is 3.72. The molecule has 4 nitrogen and oxygen atoms in total. The highest BCUT2D eigenvalue weighted by Gasteiger charge is 2.36. The lowest BCUT2D eigenvalue weighted by Gasteiger charge is -2.20. The minimum Gasteiger partial charge on any atom is -0.399 e. The molecule has 0 radical (unpaired) electrons. The number of hydrogen-bond donors (Lipinski definition) is 3. The first-order valence-electron chi connectivity index (χ1n) is 4.97. The molecule has 0 aliphatic heterocycles. The standard InChI is InChI=1S/C11H11F3N2O2/c12-11(13,14)8-5-6(16)1-2-7(8)10(18)9(17)3-4-15/h1-2,5,9-10,17-18H,3,16H2. The van der Waals surface area contributed by atoms with E-state index in [-0.39, 0.29) is 5.69 Å². The number of hydrogen-bond acceptors (Lipinski definition) is 4. The number of nitrogen functional groups attached to an aromatic ring is 1. The summed E-state index contributed by atoms with van der Waals surface area (Å²) in [6.45, 7) is 0. The molecule has 2 atom stereocenters. The van der Waals surface area contributed by atoms with Crippen LogP contribution in [0.5, 0.6) is 0 Å². The van der Waals surface area contributed by atoms with Crippen molar-refractivity contribution >= 4 is 5.69 Å². The highest BCUT2D eigenvalue weighted by molar-refractivity contribution is 5.47. The summed E-state index contributed by atoms with van der Waals surface area (Å²) in [7, 11) is 0. The molecule has 0 spiro atoms. The van der Waals surface area contributed by atoms with Crippen LogP contribution in [0.2, 0.25) is 0 Å². The molecule has 1 rings (SSSR count). The average Bonchev–Trinajstić information content (AvgIpc) is 2.27. The van der Waals surface area contributed by atoms with Crippen molar-refractivity contribution in [2.45, 2.75) is 24.8 Å². The van der Waals surface area contributed by atoms with E-state index in [2.05, 4.69) is 0 Å². The van der Waals surface area contributed by atoms with Crippen LogP contribution in [0, 0.1) is 11.3 Å². The first kappa shape index (κ1) is 14.3. The van der Waals surface area contributed by atoms with E-state index in [1.807, 2.05) is 0 Å². The van der Waals surface area contributed by atoms with Crippen molar-refractivity contribution in [2.24, 2.45) is 0 Å². The van der Waals surface area contributed by atoms with Gasteiger partial charge in [-0.1, -0.05) is 6.07 Å². The Hall–Kier alpha value is -1.78. The second-order valence-corrected chi connectivity index (χ2v) is 3.72. The van der Waals surface area contributed by atoms with Gasteiger partial charge >= 0.3 is 6.18 Å². The normalized spacial score (nSPS) is 14.9.